The third-order valence-corrected chi connectivity index (χ3v) is 8.18. The van der Waals surface area contributed by atoms with Crippen molar-refractivity contribution in [2.45, 2.75) is 78.0 Å². The summed E-state index contributed by atoms with van der Waals surface area (Å²) in [7, 11) is 0. The first-order valence-electron chi connectivity index (χ1n) is 12.3. The number of nitrogens with one attached hydrogen (secondary N) is 2. The lowest BCUT2D eigenvalue weighted by molar-refractivity contribution is -0.186. The highest BCUT2D eigenvalue weighted by atomic mass is 16.6. The van der Waals surface area contributed by atoms with Crippen LogP contribution >= 0.6 is 0 Å². The van der Waals surface area contributed by atoms with Gasteiger partial charge in [-0.3, -0.25) is 4.79 Å². The Bertz CT molecular complexity index is 803. The summed E-state index contributed by atoms with van der Waals surface area (Å²) in [6.07, 6.45) is 2.27. The van der Waals surface area contributed by atoms with Crippen LogP contribution in [-0.2, 0) is 16.1 Å². The van der Waals surface area contributed by atoms with E-state index in [9.17, 15) is 19.8 Å². The summed E-state index contributed by atoms with van der Waals surface area (Å²) in [5, 5.41) is 27.1. The number of hydrogen-bond acceptors (Lipinski definition) is 5. The molecule has 0 heterocycles. The number of amides is 2. The van der Waals surface area contributed by atoms with E-state index >= 15 is 0 Å². The number of hydrogen-bond donors (Lipinski definition) is 4. The van der Waals surface area contributed by atoms with Gasteiger partial charge in [-0.1, -0.05) is 51.1 Å². The fourth-order valence-electron chi connectivity index (χ4n) is 6.25. The minimum atomic E-state index is -0.630. The lowest BCUT2D eigenvalue weighted by Crippen LogP contribution is -2.61. The molecule has 0 bridgehead atoms. The molecule has 7 nitrogen and oxygen atoms in total. The van der Waals surface area contributed by atoms with Gasteiger partial charge < -0.3 is 25.6 Å². The molecule has 0 unspecified atom stereocenters. The van der Waals surface area contributed by atoms with Crippen molar-refractivity contribution < 1.29 is 24.5 Å². The maximum atomic E-state index is 12.8. The van der Waals surface area contributed by atoms with Crippen LogP contribution in [0.5, 0.6) is 0 Å². The van der Waals surface area contributed by atoms with Crippen molar-refractivity contribution in [2.75, 3.05) is 13.2 Å². The Hall–Kier alpha value is -2.12. The second-order valence-electron chi connectivity index (χ2n) is 10.3. The Balaban J connectivity index is 1.72. The second kappa shape index (κ2) is 10.9. The smallest absolute Gasteiger partial charge is 0.407 e. The standard InChI is InChI=1S/C26H40N2O5/c1-4-14-27-24(32)33-22-12-13-25(2)19(20(30)10-11-21(25)26(22,3)17-29)15-23(31)28-16-18-8-6-5-7-9-18/h5-9,19-22,29-30H,4,10-17H2,1-3H3,(H,27,32)(H,28,31)/t19-,20-,21+,22+,25-,26+/m1/s1. The summed E-state index contributed by atoms with van der Waals surface area (Å²) in [5.41, 5.74) is 0.0695. The van der Waals surface area contributed by atoms with Gasteiger partial charge in [-0.25, -0.2) is 4.79 Å². The number of rotatable bonds is 8. The third-order valence-electron chi connectivity index (χ3n) is 8.18. The van der Waals surface area contributed by atoms with Crippen LogP contribution in [0.3, 0.4) is 0 Å². The second-order valence-corrected chi connectivity index (χ2v) is 10.3. The molecule has 6 atom stereocenters. The van der Waals surface area contributed by atoms with E-state index in [-0.39, 0.29) is 36.2 Å². The van der Waals surface area contributed by atoms with Gasteiger partial charge in [0.15, 0.2) is 0 Å². The maximum absolute atomic E-state index is 12.8. The Morgan fingerprint density at radius 2 is 1.85 bits per heavy atom. The Labute approximate surface area is 197 Å². The predicted octanol–water partition coefficient (Wildman–Crippen LogP) is 3.38. The molecular formula is C26H40N2O5. The molecule has 3 rings (SSSR count). The van der Waals surface area contributed by atoms with Crippen LogP contribution in [0.2, 0.25) is 0 Å². The van der Waals surface area contributed by atoms with Gasteiger partial charge in [0.2, 0.25) is 5.91 Å². The molecule has 2 aliphatic carbocycles. The molecule has 7 heteroatoms. The van der Waals surface area contributed by atoms with Gasteiger partial charge in [0.25, 0.3) is 0 Å². The highest BCUT2D eigenvalue weighted by Crippen LogP contribution is 2.61. The van der Waals surface area contributed by atoms with Crippen molar-refractivity contribution in [1.29, 1.82) is 0 Å². The zero-order valence-corrected chi connectivity index (χ0v) is 20.2. The van der Waals surface area contributed by atoms with E-state index in [1.165, 1.54) is 0 Å². The number of aliphatic hydroxyl groups is 2. The maximum Gasteiger partial charge on any atom is 0.407 e. The highest BCUT2D eigenvalue weighted by molar-refractivity contribution is 5.76. The third kappa shape index (κ3) is 5.52. The molecule has 2 saturated carbocycles. The van der Waals surface area contributed by atoms with Crippen LogP contribution in [-0.4, -0.2) is 47.6 Å². The SMILES string of the molecule is CCCNC(=O)O[C@H]1CC[C@@]2(C)[C@H](CC[C@@H](O)[C@H]2CC(=O)NCc2ccccc2)[C@]1(C)CO. The van der Waals surface area contributed by atoms with E-state index in [1.807, 2.05) is 44.2 Å². The summed E-state index contributed by atoms with van der Waals surface area (Å²) in [4.78, 5) is 25.1. The van der Waals surface area contributed by atoms with E-state index in [2.05, 4.69) is 17.6 Å². The van der Waals surface area contributed by atoms with Crippen LogP contribution < -0.4 is 10.6 Å². The molecule has 4 N–H and O–H groups in total. The molecule has 2 aliphatic rings. The first-order valence-corrected chi connectivity index (χ1v) is 12.3. The number of carbonyl (C=O) groups excluding carboxylic acids is 2. The fourth-order valence-corrected chi connectivity index (χ4v) is 6.25. The fraction of sp³-hybridized carbons (Fsp3) is 0.692. The molecule has 0 aromatic heterocycles. The van der Waals surface area contributed by atoms with Crippen molar-refractivity contribution >= 4 is 12.0 Å². The first kappa shape index (κ1) is 25.5. The van der Waals surface area contributed by atoms with Crippen molar-refractivity contribution in [3.8, 4) is 0 Å². The van der Waals surface area contributed by atoms with Gasteiger partial charge in [-0.15, -0.1) is 0 Å². The number of carbonyl (C=O) groups is 2. The highest BCUT2D eigenvalue weighted by Gasteiger charge is 2.60. The van der Waals surface area contributed by atoms with Crippen molar-refractivity contribution in [1.82, 2.24) is 10.6 Å². The van der Waals surface area contributed by atoms with Crippen molar-refractivity contribution in [3.05, 3.63) is 35.9 Å². The summed E-state index contributed by atoms with van der Waals surface area (Å²) >= 11 is 0. The minimum absolute atomic E-state index is 0.0306. The number of fused-ring (bicyclic) bond motifs is 1. The average Bonchev–Trinajstić information content (AvgIpc) is 2.81. The molecule has 2 fully saturated rings. The van der Waals surface area contributed by atoms with Gasteiger partial charge in [-0.2, -0.15) is 0 Å². The number of benzene rings is 1. The molecule has 0 spiro atoms. The normalized spacial score (nSPS) is 33.6. The largest absolute Gasteiger partial charge is 0.446 e. The lowest BCUT2D eigenvalue weighted by Gasteiger charge is -2.60. The van der Waals surface area contributed by atoms with Crippen molar-refractivity contribution in [2.24, 2.45) is 22.7 Å². The summed E-state index contributed by atoms with van der Waals surface area (Å²) in [5.74, 6) is -0.261. The average molecular weight is 461 g/mol. The van der Waals surface area contributed by atoms with Gasteiger partial charge in [-0.05, 0) is 54.9 Å². The minimum Gasteiger partial charge on any atom is -0.446 e. The van der Waals surface area contributed by atoms with Crippen molar-refractivity contribution in [3.63, 3.8) is 0 Å². The Morgan fingerprint density at radius 1 is 1.12 bits per heavy atom. The summed E-state index contributed by atoms with van der Waals surface area (Å²) in [6, 6.07) is 9.76. The monoisotopic (exact) mass is 460 g/mol. The molecule has 33 heavy (non-hydrogen) atoms. The number of alkyl carbamates (subject to hydrolysis) is 1. The van der Waals surface area contributed by atoms with E-state index in [1.54, 1.807) is 0 Å². The van der Waals surface area contributed by atoms with Gasteiger partial charge in [0.05, 0.1) is 12.7 Å². The lowest BCUT2D eigenvalue weighted by atomic mass is 9.46. The van der Waals surface area contributed by atoms with Gasteiger partial charge >= 0.3 is 6.09 Å². The molecule has 1 aromatic rings. The molecular weight excluding hydrogens is 420 g/mol. The van der Waals surface area contributed by atoms with Gasteiger partial charge in [0.1, 0.15) is 6.10 Å². The van der Waals surface area contributed by atoms with Gasteiger partial charge in [0, 0.05) is 24.9 Å². The van der Waals surface area contributed by atoms with E-state index in [0.717, 1.165) is 24.8 Å². The van der Waals surface area contributed by atoms with E-state index in [0.29, 0.717) is 25.9 Å². The number of ether oxygens (including phenoxy) is 1. The molecule has 0 radical (unpaired) electrons. The Morgan fingerprint density at radius 3 is 2.52 bits per heavy atom. The molecule has 0 aliphatic heterocycles. The van der Waals surface area contributed by atoms with E-state index < -0.39 is 23.7 Å². The quantitative estimate of drug-likeness (QED) is 0.476. The summed E-state index contributed by atoms with van der Waals surface area (Å²) in [6.45, 7) is 7.00. The summed E-state index contributed by atoms with van der Waals surface area (Å²) < 4.78 is 5.77. The molecule has 1 aromatic carbocycles. The molecule has 184 valence electrons. The van der Waals surface area contributed by atoms with E-state index in [4.69, 9.17) is 4.74 Å². The van der Waals surface area contributed by atoms with Crippen LogP contribution in [0.25, 0.3) is 0 Å². The zero-order valence-electron chi connectivity index (χ0n) is 20.2. The molecule has 0 saturated heterocycles. The van der Waals surface area contributed by atoms with Crippen LogP contribution in [0, 0.1) is 22.7 Å². The van der Waals surface area contributed by atoms with Crippen LogP contribution in [0.1, 0.15) is 64.9 Å². The first-order chi connectivity index (χ1) is 15.7. The number of aliphatic hydroxyl groups excluding tert-OH is 2. The zero-order chi connectivity index (χ0) is 24.1. The molecule has 2 amide bonds. The topological polar surface area (TPSA) is 108 Å². The van der Waals surface area contributed by atoms with Crippen LogP contribution in [0.4, 0.5) is 4.79 Å². The van der Waals surface area contributed by atoms with Crippen LogP contribution in [0.15, 0.2) is 30.3 Å². The Kier molecular flexibility index (Phi) is 8.40. The predicted molar refractivity (Wildman–Crippen MR) is 126 cm³/mol.